The third-order valence-electron chi connectivity index (χ3n) is 5.32. The summed E-state index contributed by atoms with van der Waals surface area (Å²) in [5, 5.41) is 12.3. The molecule has 0 aliphatic rings. The Balaban J connectivity index is 1.69. The highest BCUT2D eigenvalue weighted by Crippen LogP contribution is 2.34. The van der Waals surface area contributed by atoms with Crippen molar-refractivity contribution in [1.29, 1.82) is 5.26 Å². The molecule has 0 amide bonds. The van der Waals surface area contributed by atoms with Gasteiger partial charge in [-0.25, -0.2) is 0 Å². The van der Waals surface area contributed by atoms with Crippen LogP contribution in [-0.4, -0.2) is 5.97 Å². The molecule has 0 fully saturated rings. The lowest BCUT2D eigenvalue weighted by Crippen LogP contribution is -2.23. The summed E-state index contributed by atoms with van der Waals surface area (Å²) in [4.78, 5) is 12.9. The van der Waals surface area contributed by atoms with Gasteiger partial charge in [0.2, 0.25) is 6.10 Å². The van der Waals surface area contributed by atoms with Crippen molar-refractivity contribution in [2.75, 3.05) is 5.32 Å². The van der Waals surface area contributed by atoms with Crippen molar-refractivity contribution >= 4 is 23.3 Å². The molecule has 0 heterocycles. The molecule has 0 radical (unpaired) electrons. The second-order valence-electron chi connectivity index (χ2n) is 8.40. The standard InChI is InChI=1S/C28H24ClF3N2O3/c1-18(2)23(13-14-34-25-12-11-20(16-24(25)29)28(30,31)32)27(35)37-26(17-33)19-7-6-10-22(15-19)36-21-8-4-3-5-9-21/h3-16,18,23,26,34H,1-2H3/b14-13+/t23-,26+/m1/s1. The molecule has 3 rings (SSSR count). The Bertz CT molecular complexity index is 1290. The number of hydrogen-bond donors (Lipinski definition) is 1. The van der Waals surface area contributed by atoms with Crippen LogP contribution in [-0.2, 0) is 15.7 Å². The number of halogens is 4. The minimum Gasteiger partial charge on any atom is -0.457 e. The molecular weight excluding hydrogens is 505 g/mol. The topological polar surface area (TPSA) is 71.3 Å². The van der Waals surface area contributed by atoms with E-state index in [1.54, 1.807) is 50.2 Å². The Kier molecular flexibility index (Phi) is 9.20. The Labute approximate surface area is 218 Å². The molecule has 9 heteroatoms. The van der Waals surface area contributed by atoms with Crippen molar-refractivity contribution in [3.8, 4) is 17.6 Å². The van der Waals surface area contributed by atoms with Crippen molar-refractivity contribution < 1.29 is 27.4 Å². The summed E-state index contributed by atoms with van der Waals surface area (Å²) < 4.78 is 49.8. The third kappa shape index (κ3) is 7.76. The number of esters is 1. The van der Waals surface area contributed by atoms with Gasteiger partial charge in [0.25, 0.3) is 0 Å². The van der Waals surface area contributed by atoms with Crippen molar-refractivity contribution in [3.05, 3.63) is 101 Å². The van der Waals surface area contributed by atoms with Crippen molar-refractivity contribution in [2.24, 2.45) is 11.8 Å². The zero-order valence-corrected chi connectivity index (χ0v) is 20.8. The second-order valence-corrected chi connectivity index (χ2v) is 8.81. The van der Waals surface area contributed by atoms with Crippen LogP contribution in [0.3, 0.4) is 0 Å². The Morgan fingerprint density at radius 3 is 2.35 bits per heavy atom. The average molecular weight is 529 g/mol. The van der Waals surface area contributed by atoms with Gasteiger partial charge < -0.3 is 14.8 Å². The van der Waals surface area contributed by atoms with Crippen LogP contribution in [0.5, 0.6) is 11.5 Å². The van der Waals surface area contributed by atoms with Crippen LogP contribution in [0.4, 0.5) is 18.9 Å². The number of anilines is 1. The normalized spacial score (nSPS) is 13.1. The molecule has 2 atom stereocenters. The number of carbonyl (C=O) groups is 1. The molecule has 3 aromatic rings. The smallest absolute Gasteiger partial charge is 0.416 e. The largest absolute Gasteiger partial charge is 0.457 e. The maximum absolute atomic E-state index is 12.9. The Hall–Kier alpha value is -3.96. The molecule has 3 aromatic carbocycles. The van der Waals surface area contributed by atoms with Gasteiger partial charge in [-0.3, -0.25) is 4.79 Å². The minimum atomic E-state index is -4.50. The Morgan fingerprint density at radius 1 is 1.03 bits per heavy atom. The summed E-state index contributed by atoms with van der Waals surface area (Å²) in [6.07, 6.45) is -2.74. The number of benzene rings is 3. The first-order chi connectivity index (χ1) is 17.6. The van der Waals surface area contributed by atoms with Crippen LogP contribution in [0.1, 0.15) is 31.1 Å². The zero-order valence-electron chi connectivity index (χ0n) is 20.0. The van der Waals surface area contributed by atoms with Gasteiger partial charge in [-0.15, -0.1) is 0 Å². The van der Waals surface area contributed by atoms with E-state index in [1.165, 1.54) is 18.3 Å². The van der Waals surface area contributed by atoms with E-state index in [-0.39, 0.29) is 16.6 Å². The van der Waals surface area contributed by atoms with E-state index < -0.39 is 29.7 Å². The highest BCUT2D eigenvalue weighted by Gasteiger charge is 2.31. The molecule has 1 N–H and O–H groups in total. The molecule has 0 aliphatic carbocycles. The molecule has 0 spiro atoms. The minimum absolute atomic E-state index is 0.120. The highest BCUT2D eigenvalue weighted by molar-refractivity contribution is 6.33. The first-order valence-electron chi connectivity index (χ1n) is 11.3. The number of hydrogen-bond acceptors (Lipinski definition) is 5. The van der Waals surface area contributed by atoms with E-state index in [0.717, 1.165) is 12.1 Å². The molecular formula is C28H24ClF3N2O3. The van der Waals surface area contributed by atoms with E-state index in [2.05, 4.69) is 5.32 Å². The van der Waals surface area contributed by atoms with E-state index in [0.29, 0.717) is 17.1 Å². The number of alkyl halides is 3. The lowest BCUT2D eigenvalue weighted by Gasteiger charge is -2.19. The lowest BCUT2D eigenvalue weighted by molar-refractivity contribution is -0.151. The molecule has 0 bridgehead atoms. The molecule has 0 aromatic heterocycles. The quantitative estimate of drug-likeness (QED) is 0.284. The fraction of sp³-hybridized carbons (Fsp3) is 0.214. The zero-order chi connectivity index (χ0) is 27.0. The van der Waals surface area contributed by atoms with Gasteiger partial charge in [0.05, 0.1) is 22.2 Å². The maximum Gasteiger partial charge on any atom is 0.416 e. The van der Waals surface area contributed by atoms with Crippen LogP contribution in [0.2, 0.25) is 5.02 Å². The van der Waals surface area contributed by atoms with Gasteiger partial charge in [-0.05, 0) is 54.6 Å². The number of carbonyl (C=O) groups excluding carboxylic acids is 1. The van der Waals surface area contributed by atoms with Crippen molar-refractivity contribution in [2.45, 2.75) is 26.1 Å². The molecule has 5 nitrogen and oxygen atoms in total. The Morgan fingerprint density at radius 2 is 1.73 bits per heavy atom. The summed E-state index contributed by atoms with van der Waals surface area (Å²) in [6, 6.07) is 20.7. The summed E-state index contributed by atoms with van der Waals surface area (Å²) in [5.74, 6) is -0.456. The first kappa shape index (κ1) is 27.6. The number of para-hydroxylation sites is 1. The van der Waals surface area contributed by atoms with Gasteiger partial charge in [-0.1, -0.05) is 61.9 Å². The number of nitrogens with one attached hydrogen (secondary N) is 1. The highest BCUT2D eigenvalue weighted by atomic mass is 35.5. The molecule has 0 saturated heterocycles. The van der Waals surface area contributed by atoms with Gasteiger partial charge >= 0.3 is 12.1 Å². The SMILES string of the molecule is CC(C)[C@@H](/C=C/Nc1ccc(C(F)(F)F)cc1Cl)C(=O)O[C@@H](C#N)c1cccc(Oc2ccccc2)c1. The number of rotatable bonds is 9. The number of nitrogens with zero attached hydrogens (tertiary/aromatic N) is 1. The van der Waals surface area contributed by atoms with Crippen LogP contribution in [0.25, 0.3) is 0 Å². The molecule has 0 aliphatic heterocycles. The summed E-state index contributed by atoms with van der Waals surface area (Å²) in [5.41, 5.74) is -0.172. The molecule has 0 saturated carbocycles. The van der Waals surface area contributed by atoms with Crippen LogP contribution in [0.15, 0.2) is 85.1 Å². The van der Waals surface area contributed by atoms with Gasteiger partial charge in [-0.2, -0.15) is 18.4 Å². The maximum atomic E-state index is 12.9. The van der Waals surface area contributed by atoms with Crippen molar-refractivity contribution in [1.82, 2.24) is 0 Å². The van der Waals surface area contributed by atoms with Gasteiger partial charge in [0.15, 0.2) is 0 Å². The number of ether oxygens (including phenoxy) is 2. The van der Waals surface area contributed by atoms with Gasteiger partial charge in [0.1, 0.15) is 17.6 Å². The van der Waals surface area contributed by atoms with E-state index in [1.807, 2.05) is 24.3 Å². The van der Waals surface area contributed by atoms with Crippen LogP contribution >= 0.6 is 11.6 Å². The average Bonchev–Trinajstić information content (AvgIpc) is 2.85. The summed E-state index contributed by atoms with van der Waals surface area (Å²) in [6.45, 7) is 3.61. The molecule has 192 valence electrons. The predicted octanol–water partition coefficient (Wildman–Crippen LogP) is 8.16. The third-order valence-corrected chi connectivity index (χ3v) is 5.63. The summed E-state index contributed by atoms with van der Waals surface area (Å²) in [7, 11) is 0. The summed E-state index contributed by atoms with van der Waals surface area (Å²) >= 11 is 5.96. The molecule has 0 unspecified atom stereocenters. The predicted molar refractivity (Wildman–Crippen MR) is 135 cm³/mol. The van der Waals surface area contributed by atoms with Crippen molar-refractivity contribution in [3.63, 3.8) is 0 Å². The van der Waals surface area contributed by atoms with Gasteiger partial charge in [0, 0.05) is 5.56 Å². The molecule has 37 heavy (non-hydrogen) atoms. The monoisotopic (exact) mass is 528 g/mol. The van der Waals surface area contributed by atoms with E-state index in [9.17, 15) is 23.2 Å². The van der Waals surface area contributed by atoms with Crippen LogP contribution < -0.4 is 10.1 Å². The fourth-order valence-corrected chi connectivity index (χ4v) is 3.59. The lowest BCUT2D eigenvalue weighted by atomic mass is 9.96. The van der Waals surface area contributed by atoms with E-state index >= 15 is 0 Å². The van der Waals surface area contributed by atoms with Crippen LogP contribution in [0, 0.1) is 23.2 Å². The first-order valence-corrected chi connectivity index (χ1v) is 11.7. The second kappa shape index (κ2) is 12.3. The fourth-order valence-electron chi connectivity index (χ4n) is 3.35. The van der Waals surface area contributed by atoms with E-state index in [4.69, 9.17) is 21.1 Å². The number of nitriles is 1.